The third-order valence-corrected chi connectivity index (χ3v) is 3.06. The molecule has 1 aliphatic heterocycles. The van der Waals surface area contributed by atoms with Crippen LogP contribution in [0.25, 0.3) is 0 Å². The molecule has 72 valence electrons. The van der Waals surface area contributed by atoms with Crippen molar-refractivity contribution in [1.29, 1.82) is 0 Å². The first-order valence-corrected chi connectivity index (χ1v) is 4.48. The number of hydrogen-bond acceptors (Lipinski definition) is 2. The largest absolute Gasteiger partial charge is 0.505 e. The molecule has 0 aromatic heterocycles. The summed E-state index contributed by atoms with van der Waals surface area (Å²) in [7, 11) is 0. The molecule has 2 N–H and O–H groups in total. The molecule has 3 rings (SSSR count). The Morgan fingerprint density at radius 3 is 2.79 bits per heavy atom. The van der Waals surface area contributed by atoms with Crippen LogP contribution >= 0.6 is 0 Å². The van der Waals surface area contributed by atoms with Crippen LogP contribution in [0, 0.1) is 5.82 Å². The van der Waals surface area contributed by atoms with Crippen LogP contribution in [0.1, 0.15) is 18.4 Å². The summed E-state index contributed by atoms with van der Waals surface area (Å²) in [5.41, 5.74) is 0.370. The molecule has 1 heterocycles. The highest BCUT2D eigenvalue weighted by molar-refractivity contribution is 6.08. The maximum atomic E-state index is 13.4. The second-order valence-electron chi connectivity index (χ2n) is 3.86. The number of fused-ring (bicyclic) bond motifs is 2. The lowest BCUT2D eigenvalue weighted by Crippen LogP contribution is -2.18. The van der Waals surface area contributed by atoms with Crippen LogP contribution in [0.4, 0.5) is 10.1 Å². The highest BCUT2D eigenvalue weighted by Crippen LogP contribution is 2.56. The summed E-state index contributed by atoms with van der Waals surface area (Å²) < 4.78 is 13.4. The molecule has 1 saturated carbocycles. The van der Waals surface area contributed by atoms with E-state index in [1.54, 1.807) is 6.07 Å². The van der Waals surface area contributed by atoms with Crippen molar-refractivity contribution >= 4 is 11.6 Å². The fourth-order valence-electron chi connectivity index (χ4n) is 2.06. The molecule has 1 spiro atoms. The number of carbonyl (C=O) groups excluding carboxylic acids is 1. The highest BCUT2D eigenvalue weighted by atomic mass is 19.1. The Kier molecular flexibility index (Phi) is 1.16. The van der Waals surface area contributed by atoms with Crippen molar-refractivity contribution in [1.82, 2.24) is 0 Å². The van der Waals surface area contributed by atoms with Crippen molar-refractivity contribution in [2.24, 2.45) is 0 Å². The number of halogens is 1. The molecule has 2 aliphatic rings. The quantitative estimate of drug-likeness (QED) is 0.656. The maximum Gasteiger partial charge on any atom is 0.235 e. The molecule has 0 radical (unpaired) electrons. The average molecular weight is 193 g/mol. The molecule has 3 nitrogen and oxygen atoms in total. The minimum absolute atomic E-state index is 0.142. The molecule has 0 atom stereocenters. The van der Waals surface area contributed by atoms with Crippen LogP contribution in [-0.2, 0) is 10.2 Å². The van der Waals surface area contributed by atoms with Crippen LogP contribution in [0.5, 0.6) is 5.75 Å². The molecule has 1 aromatic carbocycles. The van der Waals surface area contributed by atoms with Gasteiger partial charge in [-0.1, -0.05) is 6.07 Å². The molecule has 0 saturated heterocycles. The van der Waals surface area contributed by atoms with E-state index in [0.717, 1.165) is 12.8 Å². The molecule has 14 heavy (non-hydrogen) atoms. The summed E-state index contributed by atoms with van der Waals surface area (Å²) in [6.07, 6.45) is 1.55. The molecule has 4 heteroatoms. The van der Waals surface area contributed by atoms with Gasteiger partial charge in [0.05, 0.1) is 11.1 Å². The molecule has 0 bridgehead atoms. The standard InChI is InChI=1S/C10H8FNO2/c11-7-6(13)2-1-5-8(7)12-9(14)10(5)3-4-10/h1-2,13H,3-4H2,(H,12,14). The van der Waals surface area contributed by atoms with Crippen LogP contribution in [0.2, 0.25) is 0 Å². The molecule has 1 aromatic rings. The van der Waals surface area contributed by atoms with Crippen LogP contribution in [0.15, 0.2) is 12.1 Å². The summed E-state index contributed by atoms with van der Waals surface area (Å²) in [4.78, 5) is 11.5. The number of rotatable bonds is 0. The van der Waals surface area contributed by atoms with E-state index in [1.807, 2.05) is 0 Å². The smallest absolute Gasteiger partial charge is 0.235 e. The Balaban J connectivity index is 2.27. The van der Waals surface area contributed by atoms with Gasteiger partial charge in [-0.3, -0.25) is 4.79 Å². The van der Waals surface area contributed by atoms with Gasteiger partial charge in [0.1, 0.15) is 0 Å². The second kappa shape index (κ2) is 2.08. The first kappa shape index (κ1) is 7.79. The lowest BCUT2D eigenvalue weighted by molar-refractivity contribution is -0.117. The van der Waals surface area contributed by atoms with E-state index in [4.69, 9.17) is 5.11 Å². The molecule has 1 amide bonds. The topological polar surface area (TPSA) is 49.3 Å². The summed E-state index contributed by atoms with van der Waals surface area (Å²) in [6, 6.07) is 2.92. The number of benzene rings is 1. The Morgan fingerprint density at radius 2 is 2.14 bits per heavy atom. The van der Waals surface area contributed by atoms with E-state index >= 15 is 0 Å². The van der Waals surface area contributed by atoms with Crippen molar-refractivity contribution in [2.75, 3.05) is 5.32 Å². The van der Waals surface area contributed by atoms with Gasteiger partial charge < -0.3 is 10.4 Å². The summed E-state index contributed by atoms with van der Waals surface area (Å²) in [6.45, 7) is 0. The third-order valence-electron chi connectivity index (χ3n) is 3.06. The van der Waals surface area contributed by atoms with Gasteiger partial charge in [-0.25, -0.2) is 4.39 Å². The Hall–Kier alpha value is -1.58. The lowest BCUT2D eigenvalue weighted by Gasteiger charge is -2.04. The summed E-state index contributed by atoms with van der Waals surface area (Å²) in [5.74, 6) is -1.28. The van der Waals surface area contributed by atoms with Crippen molar-refractivity contribution in [3.8, 4) is 5.75 Å². The minimum Gasteiger partial charge on any atom is -0.505 e. The molecule has 1 aliphatic carbocycles. The van der Waals surface area contributed by atoms with E-state index < -0.39 is 17.0 Å². The summed E-state index contributed by atoms with van der Waals surface area (Å²) in [5, 5.41) is 11.6. The van der Waals surface area contributed by atoms with E-state index in [-0.39, 0.29) is 11.6 Å². The van der Waals surface area contributed by atoms with Crippen molar-refractivity contribution in [2.45, 2.75) is 18.3 Å². The number of carbonyl (C=O) groups is 1. The van der Waals surface area contributed by atoms with E-state index in [9.17, 15) is 9.18 Å². The Labute approximate surface area is 79.6 Å². The average Bonchev–Trinajstić information content (AvgIpc) is 2.88. The predicted octanol–water partition coefficient (Wildman–Crippen LogP) is 1.51. The number of aromatic hydroxyl groups is 1. The molecular formula is C10H8FNO2. The maximum absolute atomic E-state index is 13.4. The molecule has 1 fully saturated rings. The highest BCUT2D eigenvalue weighted by Gasteiger charge is 2.57. The van der Waals surface area contributed by atoms with E-state index in [0.29, 0.717) is 5.56 Å². The second-order valence-corrected chi connectivity index (χ2v) is 3.86. The van der Waals surface area contributed by atoms with Crippen LogP contribution in [0.3, 0.4) is 0 Å². The van der Waals surface area contributed by atoms with E-state index in [2.05, 4.69) is 5.32 Å². The zero-order valence-corrected chi connectivity index (χ0v) is 7.30. The number of anilines is 1. The van der Waals surface area contributed by atoms with E-state index in [1.165, 1.54) is 6.07 Å². The van der Waals surface area contributed by atoms with Crippen molar-refractivity contribution in [3.05, 3.63) is 23.5 Å². The van der Waals surface area contributed by atoms with Gasteiger partial charge in [-0.05, 0) is 24.5 Å². The minimum atomic E-state index is -0.723. The summed E-state index contributed by atoms with van der Waals surface area (Å²) >= 11 is 0. The third kappa shape index (κ3) is 0.697. The number of phenolic OH excluding ortho intramolecular Hbond substituents is 1. The van der Waals surface area contributed by atoms with Gasteiger partial charge in [-0.15, -0.1) is 0 Å². The van der Waals surface area contributed by atoms with Gasteiger partial charge in [0.2, 0.25) is 5.91 Å². The van der Waals surface area contributed by atoms with Crippen molar-refractivity contribution < 1.29 is 14.3 Å². The van der Waals surface area contributed by atoms with Crippen LogP contribution < -0.4 is 5.32 Å². The number of hydrogen-bond donors (Lipinski definition) is 2. The fourth-order valence-corrected chi connectivity index (χ4v) is 2.06. The van der Waals surface area contributed by atoms with Gasteiger partial charge in [0, 0.05) is 0 Å². The lowest BCUT2D eigenvalue weighted by atomic mass is 9.98. The van der Waals surface area contributed by atoms with Gasteiger partial charge in [0.25, 0.3) is 0 Å². The monoisotopic (exact) mass is 193 g/mol. The van der Waals surface area contributed by atoms with Gasteiger partial charge >= 0.3 is 0 Å². The van der Waals surface area contributed by atoms with Gasteiger partial charge in [-0.2, -0.15) is 0 Å². The van der Waals surface area contributed by atoms with Gasteiger partial charge in [0.15, 0.2) is 11.6 Å². The SMILES string of the molecule is O=C1Nc2c(ccc(O)c2F)C12CC2. The number of phenols is 1. The fraction of sp³-hybridized carbons (Fsp3) is 0.300. The Morgan fingerprint density at radius 1 is 1.43 bits per heavy atom. The van der Waals surface area contributed by atoms with Crippen molar-refractivity contribution in [3.63, 3.8) is 0 Å². The number of amides is 1. The number of nitrogens with one attached hydrogen (secondary N) is 1. The first-order chi connectivity index (χ1) is 6.65. The predicted molar refractivity (Wildman–Crippen MR) is 47.6 cm³/mol. The Bertz CT molecular complexity index is 452. The molecular weight excluding hydrogens is 185 g/mol. The van der Waals surface area contributed by atoms with Crippen LogP contribution in [-0.4, -0.2) is 11.0 Å². The molecule has 0 unspecified atom stereocenters. The first-order valence-electron chi connectivity index (χ1n) is 4.48. The zero-order valence-electron chi connectivity index (χ0n) is 7.30. The zero-order chi connectivity index (χ0) is 9.92. The normalized spacial score (nSPS) is 20.8.